The van der Waals surface area contributed by atoms with Gasteiger partial charge in [0.1, 0.15) is 6.61 Å². The van der Waals surface area contributed by atoms with Gasteiger partial charge in [-0.05, 0) is 5.56 Å². The molecule has 1 unspecified atom stereocenters. The number of ether oxygens (including phenoxy) is 2. The van der Waals surface area contributed by atoms with E-state index >= 15 is 0 Å². The molecule has 5 heteroatoms. The molecule has 0 bridgehead atoms. The van der Waals surface area contributed by atoms with E-state index in [1.807, 2.05) is 30.3 Å². The summed E-state index contributed by atoms with van der Waals surface area (Å²) in [5.41, 5.74) is 0.855. The van der Waals surface area contributed by atoms with Crippen molar-refractivity contribution in [2.24, 2.45) is 0 Å². The summed E-state index contributed by atoms with van der Waals surface area (Å²) in [6, 6.07) is 9.18. The highest BCUT2D eigenvalue weighted by Gasteiger charge is 2.06. The standard InChI is InChI=1S/C14H16O5/c1-2-12(15)19-14(17)9-8-13(16)18-10-11-6-4-3-5-7-11/h3-9,12,15H,2,10H2,1H3. The molecule has 1 rings (SSSR count). The Balaban J connectivity index is 2.33. The number of esters is 2. The molecule has 102 valence electrons. The Labute approximate surface area is 111 Å². The lowest BCUT2D eigenvalue weighted by molar-refractivity contribution is -0.162. The second-order valence-corrected chi connectivity index (χ2v) is 3.73. The summed E-state index contributed by atoms with van der Waals surface area (Å²) in [5, 5.41) is 9.05. The monoisotopic (exact) mass is 264 g/mol. The number of aliphatic hydroxyl groups excluding tert-OH is 1. The van der Waals surface area contributed by atoms with Crippen LogP contribution in [-0.2, 0) is 25.7 Å². The Morgan fingerprint density at radius 3 is 2.47 bits per heavy atom. The van der Waals surface area contributed by atoms with Crippen LogP contribution in [0.2, 0.25) is 0 Å². The number of carbonyl (C=O) groups is 2. The minimum Gasteiger partial charge on any atom is -0.458 e. The van der Waals surface area contributed by atoms with E-state index < -0.39 is 18.2 Å². The third kappa shape index (κ3) is 6.38. The van der Waals surface area contributed by atoms with Crippen molar-refractivity contribution in [1.82, 2.24) is 0 Å². The molecule has 0 spiro atoms. The van der Waals surface area contributed by atoms with Gasteiger partial charge in [0.15, 0.2) is 0 Å². The van der Waals surface area contributed by atoms with Crippen molar-refractivity contribution in [2.75, 3.05) is 0 Å². The number of hydrogen-bond acceptors (Lipinski definition) is 5. The minimum absolute atomic E-state index is 0.136. The SMILES string of the molecule is CCC(O)OC(=O)C=CC(=O)OCc1ccccc1. The first kappa shape index (κ1) is 14.9. The Hall–Kier alpha value is -2.14. The van der Waals surface area contributed by atoms with Crippen LogP contribution in [0.15, 0.2) is 42.5 Å². The fourth-order valence-electron chi connectivity index (χ4n) is 1.17. The topological polar surface area (TPSA) is 72.8 Å². The van der Waals surface area contributed by atoms with Crippen LogP contribution in [-0.4, -0.2) is 23.3 Å². The van der Waals surface area contributed by atoms with E-state index in [1.54, 1.807) is 6.92 Å². The van der Waals surface area contributed by atoms with E-state index in [-0.39, 0.29) is 13.0 Å². The average molecular weight is 264 g/mol. The van der Waals surface area contributed by atoms with Crippen LogP contribution in [0.3, 0.4) is 0 Å². The third-order valence-electron chi connectivity index (χ3n) is 2.18. The predicted molar refractivity (Wildman–Crippen MR) is 67.8 cm³/mol. The maximum Gasteiger partial charge on any atom is 0.333 e. The van der Waals surface area contributed by atoms with Crippen molar-refractivity contribution in [3.05, 3.63) is 48.0 Å². The summed E-state index contributed by atoms with van der Waals surface area (Å²) in [6.45, 7) is 1.80. The first-order valence-corrected chi connectivity index (χ1v) is 5.89. The van der Waals surface area contributed by atoms with Crippen molar-refractivity contribution in [3.63, 3.8) is 0 Å². The molecule has 0 aliphatic rings. The van der Waals surface area contributed by atoms with Gasteiger partial charge in [-0.25, -0.2) is 9.59 Å². The molecular weight excluding hydrogens is 248 g/mol. The molecule has 1 atom stereocenters. The molecule has 0 aromatic heterocycles. The fourth-order valence-corrected chi connectivity index (χ4v) is 1.17. The van der Waals surface area contributed by atoms with Gasteiger partial charge in [0.25, 0.3) is 0 Å². The Bertz CT molecular complexity index is 438. The van der Waals surface area contributed by atoms with Gasteiger partial charge in [0, 0.05) is 18.6 Å². The summed E-state index contributed by atoms with van der Waals surface area (Å²) in [6.07, 6.45) is 1.02. The molecule has 0 saturated heterocycles. The first-order valence-electron chi connectivity index (χ1n) is 5.89. The fraction of sp³-hybridized carbons (Fsp3) is 0.286. The van der Waals surface area contributed by atoms with Gasteiger partial charge < -0.3 is 14.6 Å². The van der Waals surface area contributed by atoms with Crippen LogP contribution in [0.4, 0.5) is 0 Å². The van der Waals surface area contributed by atoms with Gasteiger partial charge in [-0.15, -0.1) is 0 Å². The van der Waals surface area contributed by atoms with E-state index in [9.17, 15) is 9.59 Å². The van der Waals surface area contributed by atoms with Gasteiger partial charge in [0.2, 0.25) is 6.29 Å². The van der Waals surface area contributed by atoms with Crippen molar-refractivity contribution < 1.29 is 24.2 Å². The van der Waals surface area contributed by atoms with Crippen LogP contribution in [0, 0.1) is 0 Å². The Morgan fingerprint density at radius 1 is 1.21 bits per heavy atom. The van der Waals surface area contributed by atoms with Crippen molar-refractivity contribution in [3.8, 4) is 0 Å². The molecule has 1 aromatic rings. The number of carbonyl (C=O) groups excluding carboxylic acids is 2. The second-order valence-electron chi connectivity index (χ2n) is 3.73. The van der Waals surface area contributed by atoms with E-state index in [4.69, 9.17) is 9.84 Å². The number of benzene rings is 1. The van der Waals surface area contributed by atoms with Gasteiger partial charge in [-0.2, -0.15) is 0 Å². The number of rotatable bonds is 6. The van der Waals surface area contributed by atoms with E-state index in [0.717, 1.165) is 17.7 Å². The largest absolute Gasteiger partial charge is 0.458 e. The van der Waals surface area contributed by atoms with Crippen LogP contribution < -0.4 is 0 Å². The molecule has 19 heavy (non-hydrogen) atoms. The van der Waals surface area contributed by atoms with Gasteiger partial charge >= 0.3 is 11.9 Å². The lowest BCUT2D eigenvalue weighted by Crippen LogP contribution is -2.15. The zero-order valence-corrected chi connectivity index (χ0v) is 10.6. The van der Waals surface area contributed by atoms with Crippen LogP contribution in [0.1, 0.15) is 18.9 Å². The van der Waals surface area contributed by atoms with Crippen molar-refractivity contribution in [2.45, 2.75) is 26.2 Å². The van der Waals surface area contributed by atoms with Crippen LogP contribution in [0.25, 0.3) is 0 Å². The maximum atomic E-state index is 11.3. The van der Waals surface area contributed by atoms with Gasteiger partial charge in [-0.1, -0.05) is 37.3 Å². The summed E-state index contributed by atoms with van der Waals surface area (Å²) in [7, 11) is 0. The zero-order valence-electron chi connectivity index (χ0n) is 10.6. The molecule has 0 amide bonds. The quantitative estimate of drug-likeness (QED) is 0.479. The van der Waals surface area contributed by atoms with Gasteiger partial charge in [0.05, 0.1) is 0 Å². The molecule has 0 aliphatic carbocycles. The molecule has 0 fully saturated rings. The molecule has 1 aromatic carbocycles. The minimum atomic E-state index is -1.16. The van der Waals surface area contributed by atoms with Crippen molar-refractivity contribution in [1.29, 1.82) is 0 Å². The molecule has 0 saturated carbocycles. The van der Waals surface area contributed by atoms with E-state index in [2.05, 4.69) is 4.74 Å². The van der Waals surface area contributed by atoms with Crippen LogP contribution >= 0.6 is 0 Å². The summed E-state index contributed by atoms with van der Waals surface area (Å²) >= 11 is 0. The summed E-state index contributed by atoms with van der Waals surface area (Å²) in [4.78, 5) is 22.4. The smallest absolute Gasteiger partial charge is 0.333 e. The highest BCUT2D eigenvalue weighted by molar-refractivity contribution is 5.91. The molecule has 5 nitrogen and oxygen atoms in total. The summed E-state index contributed by atoms with van der Waals surface area (Å²) in [5.74, 6) is -1.43. The highest BCUT2D eigenvalue weighted by atomic mass is 16.6. The maximum absolute atomic E-state index is 11.3. The third-order valence-corrected chi connectivity index (χ3v) is 2.18. The average Bonchev–Trinajstić information content (AvgIpc) is 2.43. The first-order chi connectivity index (χ1) is 9.11. The van der Waals surface area contributed by atoms with Gasteiger partial charge in [-0.3, -0.25) is 0 Å². The highest BCUT2D eigenvalue weighted by Crippen LogP contribution is 2.01. The lowest BCUT2D eigenvalue weighted by Gasteiger charge is -2.06. The summed E-state index contributed by atoms with van der Waals surface area (Å²) < 4.78 is 9.45. The van der Waals surface area contributed by atoms with Crippen LogP contribution in [0.5, 0.6) is 0 Å². The zero-order chi connectivity index (χ0) is 14.1. The van der Waals surface area contributed by atoms with Crippen molar-refractivity contribution >= 4 is 11.9 Å². The Kier molecular flexibility index (Phi) is 6.32. The molecule has 0 aliphatic heterocycles. The molecule has 1 N–H and O–H groups in total. The second kappa shape index (κ2) is 8.05. The van der Waals surface area contributed by atoms with E-state index in [1.165, 1.54) is 0 Å². The lowest BCUT2D eigenvalue weighted by atomic mass is 10.2. The molecule has 0 heterocycles. The molecular formula is C14H16O5. The Morgan fingerprint density at radius 2 is 1.84 bits per heavy atom. The van der Waals surface area contributed by atoms with E-state index in [0.29, 0.717) is 0 Å². The normalized spacial score (nSPS) is 12.1. The number of hydrogen-bond donors (Lipinski definition) is 1. The predicted octanol–water partition coefficient (Wildman–Crippen LogP) is 1.56. The number of aliphatic hydroxyl groups is 1. The molecule has 0 radical (unpaired) electrons.